The number of hydrogen-bond acceptors (Lipinski definition) is 3. The second-order valence-electron chi connectivity index (χ2n) is 4.60. The number of ether oxygens (including phenoxy) is 1. The van der Waals surface area contributed by atoms with E-state index >= 15 is 0 Å². The molecule has 0 atom stereocenters. The zero-order valence-corrected chi connectivity index (χ0v) is 12.4. The van der Waals surface area contributed by atoms with Crippen molar-refractivity contribution in [3.05, 3.63) is 59.4 Å². The Morgan fingerprint density at radius 1 is 1.10 bits per heavy atom. The minimum absolute atomic E-state index is 0.0121. The minimum Gasteiger partial charge on any atom is -0.486 e. The summed E-state index contributed by atoms with van der Waals surface area (Å²) >= 11 is 0. The van der Waals surface area contributed by atoms with Crippen molar-refractivity contribution in [2.75, 3.05) is 0 Å². The van der Waals surface area contributed by atoms with Crippen LogP contribution in [0.5, 0.6) is 5.75 Å². The molecule has 0 aliphatic rings. The zero-order valence-electron chi connectivity index (χ0n) is 11.5. The Morgan fingerprint density at radius 3 is 2.24 bits per heavy atom. The number of aryl methyl sites for hydroxylation is 1. The van der Waals surface area contributed by atoms with Crippen molar-refractivity contribution in [2.24, 2.45) is 5.14 Å². The standard InChI is InChI=1S/C15H16FNO3S/c1-2-11-3-5-12(6-4-11)10-20-15-8-7-13(9-14(15)16)21(17,18)19/h3-9H,2,10H2,1H3,(H2,17,18,19). The maximum atomic E-state index is 13.8. The molecule has 4 nitrogen and oxygen atoms in total. The SMILES string of the molecule is CCc1ccc(COc2ccc(S(N)(=O)=O)cc2F)cc1. The molecule has 0 heterocycles. The Bertz CT molecular complexity index is 727. The van der Waals surface area contributed by atoms with Crippen molar-refractivity contribution in [1.82, 2.24) is 0 Å². The topological polar surface area (TPSA) is 69.4 Å². The predicted octanol–water partition coefficient (Wildman–Crippen LogP) is 2.61. The van der Waals surface area contributed by atoms with Crippen LogP contribution < -0.4 is 9.88 Å². The van der Waals surface area contributed by atoms with Crippen molar-refractivity contribution in [3.8, 4) is 5.75 Å². The van der Waals surface area contributed by atoms with Gasteiger partial charge in [-0.05, 0) is 35.7 Å². The minimum atomic E-state index is -3.91. The van der Waals surface area contributed by atoms with E-state index in [2.05, 4.69) is 6.92 Å². The van der Waals surface area contributed by atoms with Crippen LogP contribution in [0.15, 0.2) is 47.4 Å². The Hall–Kier alpha value is -1.92. The molecule has 2 aromatic rings. The molecule has 0 spiro atoms. The van der Waals surface area contributed by atoms with Crippen LogP contribution in [0.1, 0.15) is 18.1 Å². The summed E-state index contributed by atoms with van der Waals surface area (Å²) in [6.07, 6.45) is 0.949. The van der Waals surface area contributed by atoms with Gasteiger partial charge < -0.3 is 4.74 Å². The predicted molar refractivity (Wildman–Crippen MR) is 77.9 cm³/mol. The number of benzene rings is 2. The van der Waals surface area contributed by atoms with Crippen LogP contribution in [0.3, 0.4) is 0 Å². The van der Waals surface area contributed by atoms with Gasteiger partial charge in [-0.15, -0.1) is 0 Å². The van der Waals surface area contributed by atoms with Crippen LogP contribution in [-0.4, -0.2) is 8.42 Å². The molecule has 0 amide bonds. The van der Waals surface area contributed by atoms with Crippen LogP contribution in [0.4, 0.5) is 4.39 Å². The monoisotopic (exact) mass is 309 g/mol. The first-order chi connectivity index (χ1) is 9.90. The van der Waals surface area contributed by atoms with Crippen molar-refractivity contribution in [3.63, 3.8) is 0 Å². The van der Waals surface area contributed by atoms with E-state index in [-0.39, 0.29) is 17.3 Å². The lowest BCUT2D eigenvalue weighted by Crippen LogP contribution is -2.12. The molecule has 0 fully saturated rings. The molecule has 0 aromatic heterocycles. The molecule has 21 heavy (non-hydrogen) atoms. The van der Waals surface area contributed by atoms with Crippen LogP contribution in [0.25, 0.3) is 0 Å². The van der Waals surface area contributed by atoms with Gasteiger partial charge in [0.2, 0.25) is 10.0 Å². The average Bonchev–Trinajstić information content (AvgIpc) is 2.45. The Labute approximate surface area is 123 Å². The molecular weight excluding hydrogens is 293 g/mol. The Morgan fingerprint density at radius 2 is 1.71 bits per heavy atom. The number of sulfonamides is 1. The van der Waals surface area contributed by atoms with Gasteiger partial charge in [-0.25, -0.2) is 17.9 Å². The third kappa shape index (κ3) is 4.03. The largest absolute Gasteiger partial charge is 0.486 e. The highest BCUT2D eigenvalue weighted by Gasteiger charge is 2.12. The van der Waals surface area contributed by atoms with E-state index in [1.54, 1.807) is 0 Å². The summed E-state index contributed by atoms with van der Waals surface area (Å²) in [6, 6.07) is 11.1. The highest BCUT2D eigenvalue weighted by Crippen LogP contribution is 2.21. The summed E-state index contributed by atoms with van der Waals surface area (Å²) in [6.45, 7) is 2.27. The van der Waals surface area contributed by atoms with E-state index in [1.807, 2.05) is 24.3 Å². The number of nitrogens with two attached hydrogens (primary N) is 1. The lowest BCUT2D eigenvalue weighted by atomic mass is 10.1. The molecule has 0 saturated carbocycles. The normalized spacial score (nSPS) is 11.4. The van der Waals surface area contributed by atoms with Gasteiger partial charge in [0, 0.05) is 0 Å². The molecule has 0 bridgehead atoms. The van der Waals surface area contributed by atoms with Crippen molar-refractivity contribution in [2.45, 2.75) is 24.8 Å². The first-order valence-electron chi connectivity index (χ1n) is 6.43. The van der Waals surface area contributed by atoms with Gasteiger partial charge in [-0.1, -0.05) is 31.2 Å². The van der Waals surface area contributed by atoms with Gasteiger partial charge in [-0.2, -0.15) is 0 Å². The molecule has 0 saturated heterocycles. The molecule has 0 radical (unpaired) electrons. The van der Waals surface area contributed by atoms with E-state index < -0.39 is 15.8 Å². The first kappa shape index (κ1) is 15.5. The zero-order chi connectivity index (χ0) is 15.5. The summed E-state index contributed by atoms with van der Waals surface area (Å²) < 4.78 is 41.3. The average molecular weight is 309 g/mol. The molecule has 112 valence electrons. The van der Waals surface area contributed by atoms with Crippen molar-refractivity contribution >= 4 is 10.0 Å². The molecule has 2 rings (SSSR count). The number of halogens is 1. The summed E-state index contributed by atoms with van der Waals surface area (Å²) in [4.78, 5) is -0.278. The van der Waals surface area contributed by atoms with Gasteiger partial charge in [0.25, 0.3) is 0 Å². The fourth-order valence-electron chi connectivity index (χ4n) is 1.81. The van der Waals surface area contributed by atoms with Crippen molar-refractivity contribution in [1.29, 1.82) is 0 Å². The number of primary sulfonamides is 1. The van der Waals surface area contributed by atoms with Gasteiger partial charge in [0.15, 0.2) is 11.6 Å². The molecule has 0 aliphatic heterocycles. The van der Waals surface area contributed by atoms with Crippen LogP contribution in [0, 0.1) is 5.82 Å². The van der Waals surface area contributed by atoms with E-state index in [4.69, 9.17) is 9.88 Å². The molecule has 2 aromatic carbocycles. The number of hydrogen-bond donors (Lipinski definition) is 1. The van der Waals surface area contributed by atoms with Gasteiger partial charge in [0.05, 0.1) is 4.90 Å². The number of rotatable bonds is 5. The van der Waals surface area contributed by atoms with Gasteiger partial charge >= 0.3 is 0 Å². The third-order valence-corrected chi connectivity index (χ3v) is 3.97. The Kier molecular flexibility index (Phi) is 4.59. The van der Waals surface area contributed by atoms with Crippen LogP contribution in [0.2, 0.25) is 0 Å². The second kappa shape index (κ2) is 6.24. The highest BCUT2D eigenvalue weighted by molar-refractivity contribution is 7.89. The lowest BCUT2D eigenvalue weighted by molar-refractivity contribution is 0.290. The van der Waals surface area contributed by atoms with E-state index in [0.29, 0.717) is 0 Å². The maximum Gasteiger partial charge on any atom is 0.238 e. The second-order valence-corrected chi connectivity index (χ2v) is 6.16. The Balaban J connectivity index is 2.09. The van der Waals surface area contributed by atoms with Crippen LogP contribution in [-0.2, 0) is 23.1 Å². The first-order valence-corrected chi connectivity index (χ1v) is 7.97. The van der Waals surface area contributed by atoms with E-state index in [0.717, 1.165) is 18.1 Å². The summed E-state index contributed by atoms with van der Waals surface area (Å²) in [5, 5.41) is 4.93. The summed E-state index contributed by atoms with van der Waals surface area (Å²) in [5.41, 5.74) is 2.12. The fourth-order valence-corrected chi connectivity index (χ4v) is 2.33. The van der Waals surface area contributed by atoms with E-state index in [1.165, 1.54) is 17.7 Å². The lowest BCUT2D eigenvalue weighted by Gasteiger charge is -2.09. The fraction of sp³-hybridized carbons (Fsp3) is 0.200. The molecule has 2 N–H and O–H groups in total. The maximum absolute atomic E-state index is 13.8. The molecular formula is C15H16FNO3S. The van der Waals surface area contributed by atoms with Crippen molar-refractivity contribution < 1.29 is 17.5 Å². The quantitative estimate of drug-likeness (QED) is 0.923. The van der Waals surface area contributed by atoms with Crippen LogP contribution >= 0.6 is 0 Å². The van der Waals surface area contributed by atoms with Gasteiger partial charge in [0.1, 0.15) is 6.61 Å². The van der Waals surface area contributed by atoms with Gasteiger partial charge in [-0.3, -0.25) is 0 Å². The smallest absolute Gasteiger partial charge is 0.238 e. The summed E-state index contributed by atoms with van der Waals surface area (Å²) in [7, 11) is -3.91. The molecule has 6 heteroatoms. The summed E-state index contributed by atoms with van der Waals surface area (Å²) in [5.74, 6) is -0.770. The molecule has 0 unspecified atom stereocenters. The molecule has 0 aliphatic carbocycles. The highest BCUT2D eigenvalue weighted by atomic mass is 32.2. The third-order valence-electron chi connectivity index (χ3n) is 3.06. The van der Waals surface area contributed by atoms with E-state index in [9.17, 15) is 12.8 Å².